The number of primary amides is 1. The third-order valence-electron chi connectivity index (χ3n) is 26.3. The number of hydrogen-bond donors (Lipinski definition) is 21. The Balaban J connectivity index is 0.846. The van der Waals surface area contributed by atoms with E-state index < -0.39 is 208 Å². The Morgan fingerprint density at radius 2 is 0.800 bits per heavy atom. The van der Waals surface area contributed by atoms with Gasteiger partial charge in [0.1, 0.15) is 103 Å². The SMILES string of the molecule is C[C@H](NC(=O)[C@H](C)NC(=O)[C@H](C)NC(=O)[C@@H]1CCC2CS[C@@H]3C[C@H](C(=O)N21)N(C(=O)CCl)C3)C(=O)N[C@@H](C)C(=O)N[C@@H](CCCCN)C(=O)N[C@@H](C)C(=O)N[C@@H](C)C(=O)N[C@@H](C)C(=O)N[C@@H](CC(C)(C)C)C(=O)N1CCC(C(=O)N2CCC(C(=O)N[C@@H](CCCCN)C(=O)N[C@@H](CCCCN)C(=O)N[C@@H](CCCCN)C(=O)N[C@@H](CCCCN)C(=O)N[C@@H](Cc3c[nH]c4ccccc34)C(N)=O)CC2)CC1. The number of fused-ring (bicyclic) bond motifs is 4. The summed E-state index contributed by atoms with van der Waals surface area (Å²) in [5.74, 6) is -12.9. The number of carbonyl (C=O) groups excluding carboxylic acids is 19. The summed E-state index contributed by atoms with van der Waals surface area (Å²) in [4.78, 5) is 272. The highest BCUT2D eigenvalue weighted by molar-refractivity contribution is 8.00. The summed E-state index contributed by atoms with van der Waals surface area (Å²) in [5.41, 5.74) is 36.1. The van der Waals surface area contributed by atoms with Crippen LogP contribution in [0, 0.1) is 17.3 Å². The summed E-state index contributed by atoms with van der Waals surface area (Å²) in [6, 6.07) is -11.4. The quantitative estimate of drug-likeness (QED) is 0.0232. The van der Waals surface area contributed by atoms with Gasteiger partial charge in [-0.15, -0.1) is 11.6 Å². The van der Waals surface area contributed by atoms with E-state index in [4.69, 9.17) is 46.0 Å². The number of para-hydroxylation sites is 1. The number of amides is 19. The zero-order chi connectivity index (χ0) is 103. The first-order chi connectivity index (χ1) is 66.5. The predicted molar refractivity (Wildman–Crippen MR) is 526 cm³/mol. The first-order valence-corrected chi connectivity index (χ1v) is 51.0. The number of likely N-dealkylation sites (tertiary alicyclic amines) is 3. The Labute approximate surface area is 828 Å². The van der Waals surface area contributed by atoms with E-state index in [2.05, 4.69) is 79.4 Å². The zero-order valence-electron chi connectivity index (χ0n) is 82.7. The van der Waals surface area contributed by atoms with E-state index in [1.165, 1.54) is 58.3 Å². The monoisotopic (exact) mass is 2000 g/mol. The second-order valence-electron chi connectivity index (χ2n) is 38.8. The standard InChI is InChI=1S/C94H154ClN25O19S/c1-52(105-81(127)56(5)109-90(136)73-31-30-62-51-140-63-46-74(93(139)120(62)73)119(50-63)75(121)48-95)77(123)103-53(2)78(124)106-57(6)82(128)110-66(25-13-18-36-96)85(131)108-55(4)80(126)104-54(3)79(125)107-58(7)83(129)116-72(47-94(8,9)10)92(138)118-43-34-60(35-44-118)91(137)117-41-32-59(33-42-117)84(130)111-67(26-14-19-37-97)86(132)112-68(27-15-20-38-98)87(133)113-69(28-16-21-39-99)88(134)114-70(29-17-22-40-100)89(135)115-71(76(101)122)45-61-49-102-65-24-12-11-23-64(61)65/h11-12,23-24,49,52-60,62-63,66-74,102H,13-22,25-48,50-51,96-100H2,1-10H3,(H2,101,122)(H,103,123)(H,104,126)(H,105,127)(H,106,124)(H,107,125)(H,108,131)(H,109,136)(H,110,128)(H,111,130)(H,112,132)(H,113,133)(H,114,134)(H,115,135)(H,116,129)/t52-,53-,54-,55-,56-,57-,58-,62?,63+,66-,67-,68-,69-,70-,71-,72-,73-,74+/m0/s1. The smallest absolute Gasteiger partial charge is 0.246 e. The number of alkyl halides is 1. The molecule has 18 atom stereocenters. The van der Waals surface area contributed by atoms with Crippen LogP contribution in [0.4, 0.5) is 0 Å². The molecule has 46 heteroatoms. The van der Waals surface area contributed by atoms with E-state index in [0.717, 1.165) is 16.5 Å². The molecule has 19 amide bonds. The van der Waals surface area contributed by atoms with Gasteiger partial charge in [-0.3, -0.25) is 91.1 Å². The van der Waals surface area contributed by atoms with E-state index in [0.29, 0.717) is 122 Å². The van der Waals surface area contributed by atoms with Gasteiger partial charge in [0.2, 0.25) is 112 Å². The average molecular weight is 2010 g/mol. The number of nitrogens with zero attached hydrogens (tertiary/aromatic N) is 4. The molecule has 1 aromatic carbocycles. The molecule has 5 saturated heterocycles. The average Bonchev–Trinajstić information content (AvgIpc) is 1.62. The van der Waals surface area contributed by atoms with Crippen LogP contribution in [0.1, 0.15) is 222 Å². The van der Waals surface area contributed by atoms with Crippen molar-refractivity contribution in [3.63, 3.8) is 0 Å². The minimum Gasteiger partial charge on any atom is -0.368 e. The number of nitrogens with one attached hydrogen (secondary N) is 15. The van der Waals surface area contributed by atoms with Crippen molar-refractivity contribution in [2.45, 2.75) is 331 Å². The van der Waals surface area contributed by atoms with E-state index in [-0.39, 0.29) is 138 Å². The van der Waals surface area contributed by atoms with Crippen LogP contribution in [-0.2, 0) is 97.5 Å². The van der Waals surface area contributed by atoms with Crippen LogP contribution in [0.2, 0.25) is 0 Å². The van der Waals surface area contributed by atoms with Gasteiger partial charge in [-0.1, -0.05) is 39.0 Å². The lowest BCUT2D eigenvalue weighted by Crippen LogP contribution is -2.59. The Morgan fingerprint density at radius 3 is 1.21 bits per heavy atom. The molecule has 140 heavy (non-hydrogen) atoms. The molecule has 6 heterocycles. The molecule has 1 aromatic heterocycles. The molecule has 2 bridgehead atoms. The maximum Gasteiger partial charge on any atom is 0.246 e. The van der Waals surface area contributed by atoms with Crippen molar-refractivity contribution in [1.82, 2.24) is 99.0 Å². The minimum absolute atomic E-state index is 0.0473. The van der Waals surface area contributed by atoms with Crippen LogP contribution in [0.25, 0.3) is 10.9 Å². The van der Waals surface area contributed by atoms with Crippen LogP contribution in [0.3, 0.4) is 0 Å². The van der Waals surface area contributed by atoms with Crippen molar-refractivity contribution >= 4 is 147 Å². The fourth-order valence-corrected chi connectivity index (χ4v) is 19.4. The molecule has 0 aliphatic carbocycles. The van der Waals surface area contributed by atoms with Crippen molar-refractivity contribution in [2.75, 3.05) is 77.1 Å². The Morgan fingerprint density at radius 1 is 0.436 bits per heavy atom. The number of carbonyl (C=O) groups is 19. The lowest BCUT2D eigenvalue weighted by molar-refractivity contribution is -0.147. The van der Waals surface area contributed by atoms with Crippen LogP contribution >= 0.6 is 23.4 Å². The molecular formula is C94H154ClN25O19S. The second kappa shape index (κ2) is 57.3. The number of unbranched alkanes of at least 4 members (excludes halogenated alkanes) is 5. The normalized spacial score (nSPS) is 19.7. The fourth-order valence-electron chi connectivity index (χ4n) is 17.9. The highest BCUT2D eigenvalue weighted by Gasteiger charge is 2.51. The highest BCUT2D eigenvalue weighted by atomic mass is 35.5. The number of thioether (sulfide) groups is 1. The van der Waals surface area contributed by atoms with Crippen LogP contribution in [0.5, 0.6) is 0 Å². The number of hydrogen-bond acceptors (Lipinski definition) is 25. The van der Waals surface area contributed by atoms with Gasteiger partial charge in [0.25, 0.3) is 0 Å². The van der Waals surface area contributed by atoms with Crippen molar-refractivity contribution in [3.05, 3.63) is 36.0 Å². The number of piperidine rings is 2. The summed E-state index contributed by atoms with van der Waals surface area (Å²) in [7, 11) is 0. The van der Waals surface area contributed by atoms with Gasteiger partial charge >= 0.3 is 0 Å². The number of H-pyrrole nitrogens is 1. The molecule has 7 rings (SSSR count). The number of aromatic nitrogens is 1. The minimum atomic E-state index is -1.30. The van der Waals surface area contributed by atoms with Gasteiger partial charge in [0.05, 0.1) is 0 Å². The molecule has 2 aromatic rings. The summed E-state index contributed by atoms with van der Waals surface area (Å²) in [5, 5.41) is 38.2. The third kappa shape index (κ3) is 35.4. The maximum atomic E-state index is 14.6. The van der Waals surface area contributed by atoms with Crippen molar-refractivity contribution < 1.29 is 91.1 Å². The van der Waals surface area contributed by atoms with E-state index >= 15 is 0 Å². The van der Waals surface area contributed by atoms with Crippen LogP contribution < -0.4 is 109 Å². The summed E-state index contributed by atoms with van der Waals surface area (Å²) < 4.78 is 0. The zero-order valence-corrected chi connectivity index (χ0v) is 84.3. The molecule has 44 nitrogen and oxygen atoms in total. The summed E-state index contributed by atoms with van der Waals surface area (Å²) >= 11 is 7.52. The molecular weight excluding hydrogens is 1850 g/mol. The van der Waals surface area contributed by atoms with Crippen molar-refractivity contribution in [2.24, 2.45) is 51.7 Å². The van der Waals surface area contributed by atoms with E-state index in [1.54, 1.807) is 27.8 Å². The number of benzene rings is 1. The van der Waals surface area contributed by atoms with Gasteiger partial charge in [-0.05, 0) is 246 Å². The predicted octanol–water partition coefficient (Wildman–Crippen LogP) is -3.00. The van der Waals surface area contributed by atoms with Crippen LogP contribution in [-0.4, -0.2) is 322 Å². The highest BCUT2D eigenvalue weighted by Crippen LogP contribution is 2.39. The summed E-state index contributed by atoms with van der Waals surface area (Å²) in [6.07, 6.45) is 9.44. The van der Waals surface area contributed by atoms with Gasteiger partial charge in [0.15, 0.2) is 0 Å². The number of halogens is 1. The molecule has 5 fully saturated rings. The maximum absolute atomic E-state index is 14.6. The first kappa shape index (κ1) is 116. The molecule has 5 aliphatic rings. The van der Waals surface area contributed by atoms with Crippen molar-refractivity contribution in [1.29, 1.82) is 0 Å². The number of aromatic amines is 1. The molecule has 0 radical (unpaired) electrons. The molecule has 5 aliphatic heterocycles. The molecule has 1 unspecified atom stereocenters. The van der Waals surface area contributed by atoms with E-state index in [9.17, 15) is 91.1 Å². The van der Waals surface area contributed by atoms with Crippen molar-refractivity contribution in [3.8, 4) is 0 Å². The summed E-state index contributed by atoms with van der Waals surface area (Å²) in [6.45, 7) is 17.8. The topological polar surface area (TPSA) is 678 Å². The molecule has 782 valence electrons. The lowest BCUT2D eigenvalue weighted by atomic mass is 9.86. The van der Waals surface area contributed by atoms with E-state index in [1.807, 2.05) is 45.0 Å². The Bertz CT molecular complexity index is 4590. The number of nitrogens with two attached hydrogens (primary N) is 6. The molecule has 0 saturated carbocycles. The van der Waals surface area contributed by atoms with Gasteiger partial charge in [-0.2, -0.15) is 11.8 Å². The van der Waals surface area contributed by atoms with Gasteiger partial charge < -0.3 is 133 Å². The third-order valence-corrected chi connectivity index (χ3v) is 27.9. The second-order valence-corrected chi connectivity index (χ2v) is 40.4. The van der Waals surface area contributed by atoms with Crippen LogP contribution in [0.15, 0.2) is 30.5 Å². The number of rotatable bonds is 55. The van der Waals surface area contributed by atoms with Gasteiger partial charge in [0, 0.05) is 85.1 Å². The van der Waals surface area contributed by atoms with Gasteiger partial charge in [-0.25, -0.2) is 0 Å². The first-order valence-electron chi connectivity index (χ1n) is 49.4. The largest absolute Gasteiger partial charge is 0.368 e. The fraction of sp³-hybridized carbons (Fsp3) is 0.713. The Hall–Kier alpha value is -10.9. The lowest BCUT2D eigenvalue weighted by Gasteiger charge is -2.38. The Kier molecular flexibility index (Phi) is 47.5. The molecule has 0 spiro atoms. The molecule has 27 N–H and O–H groups in total.